The molecule has 0 aliphatic carbocycles. The van der Waals surface area contributed by atoms with E-state index in [0.29, 0.717) is 12.2 Å². The summed E-state index contributed by atoms with van der Waals surface area (Å²) in [4.78, 5) is 7.88. The van der Waals surface area contributed by atoms with E-state index in [-0.39, 0.29) is 5.03 Å². The second-order valence-corrected chi connectivity index (χ2v) is 6.16. The van der Waals surface area contributed by atoms with Crippen molar-refractivity contribution < 1.29 is 8.42 Å². The second kappa shape index (κ2) is 7.14. The lowest BCUT2D eigenvalue weighted by molar-refractivity contribution is 0.597. The topological polar surface area (TPSA) is 84.0 Å². The molecule has 0 aromatic carbocycles. The normalized spacial score (nSPS) is 11.3. The van der Waals surface area contributed by atoms with E-state index in [9.17, 15) is 8.42 Å². The van der Waals surface area contributed by atoms with Gasteiger partial charge in [-0.1, -0.05) is 13.0 Å². The predicted molar refractivity (Wildman–Crippen MR) is 81.3 cm³/mol. The summed E-state index contributed by atoms with van der Waals surface area (Å²) in [5.41, 5.74) is 1.36. The zero-order valence-electron chi connectivity index (χ0n) is 11.8. The van der Waals surface area contributed by atoms with E-state index in [1.54, 1.807) is 30.6 Å². The molecule has 0 unspecified atom stereocenters. The predicted octanol–water partition coefficient (Wildman–Crippen LogP) is 1.78. The van der Waals surface area contributed by atoms with E-state index < -0.39 is 10.0 Å². The highest BCUT2D eigenvalue weighted by Crippen LogP contribution is 2.13. The number of sulfonamides is 1. The van der Waals surface area contributed by atoms with Gasteiger partial charge in [0.05, 0.1) is 11.9 Å². The number of pyridine rings is 2. The summed E-state index contributed by atoms with van der Waals surface area (Å²) in [5, 5.41) is 3.23. The summed E-state index contributed by atoms with van der Waals surface area (Å²) in [7, 11) is -3.68. The molecule has 2 aromatic heterocycles. The maximum absolute atomic E-state index is 12.2. The summed E-state index contributed by atoms with van der Waals surface area (Å²) >= 11 is 0. The Balaban J connectivity index is 2.06. The van der Waals surface area contributed by atoms with Crippen LogP contribution in [0.25, 0.3) is 0 Å². The van der Waals surface area contributed by atoms with Gasteiger partial charge in [0, 0.05) is 18.9 Å². The molecular weight excluding hydrogens is 288 g/mol. The molecule has 7 heteroatoms. The monoisotopic (exact) mass is 306 g/mol. The van der Waals surface area contributed by atoms with Gasteiger partial charge in [-0.15, -0.1) is 0 Å². The SMILES string of the molecule is CCCNCc1ccc(S(=O)(=O)Nc2cccnc2)nc1. The number of rotatable bonds is 7. The maximum atomic E-state index is 12.2. The molecule has 21 heavy (non-hydrogen) atoms. The van der Waals surface area contributed by atoms with E-state index in [0.717, 1.165) is 18.5 Å². The van der Waals surface area contributed by atoms with Crippen molar-refractivity contribution in [2.45, 2.75) is 24.9 Å². The van der Waals surface area contributed by atoms with E-state index in [1.807, 2.05) is 0 Å². The minimum absolute atomic E-state index is 0.00871. The van der Waals surface area contributed by atoms with Gasteiger partial charge in [-0.2, -0.15) is 8.42 Å². The molecule has 0 saturated carbocycles. The van der Waals surface area contributed by atoms with Gasteiger partial charge in [-0.25, -0.2) is 4.98 Å². The van der Waals surface area contributed by atoms with E-state index >= 15 is 0 Å². The van der Waals surface area contributed by atoms with Crippen molar-refractivity contribution in [3.05, 3.63) is 48.4 Å². The lowest BCUT2D eigenvalue weighted by Crippen LogP contribution is -2.16. The third-order valence-electron chi connectivity index (χ3n) is 2.74. The molecule has 0 fully saturated rings. The first-order valence-electron chi connectivity index (χ1n) is 6.70. The van der Waals surface area contributed by atoms with Crippen LogP contribution in [0, 0.1) is 0 Å². The zero-order chi connectivity index (χ0) is 15.1. The summed E-state index contributed by atoms with van der Waals surface area (Å²) in [6.07, 6.45) is 5.64. The number of hydrogen-bond donors (Lipinski definition) is 2. The van der Waals surface area contributed by atoms with Crippen LogP contribution < -0.4 is 10.0 Å². The minimum Gasteiger partial charge on any atom is -0.313 e. The van der Waals surface area contributed by atoms with Crippen molar-refractivity contribution in [2.75, 3.05) is 11.3 Å². The maximum Gasteiger partial charge on any atom is 0.279 e. The fraction of sp³-hybridized carbons (Fsp3) is 0.286. The Hall–Kier alpha value is -1.99. The number of nitrogens with one attached hydrogen (secondary N) is 2. The van der Waals surface area contributed by atoms with Crippen molar-refractivity contribution in [3.63, 3.8) is 0 Å². The Morgan fingerprint density at radius 1 is 1.19 bits per heavy atom. The third kappa shape index (κ3) is 4.51. The summed E-state index contributed by atoms with van der Waals surface area (Å²) in [5.74, 6) is 0. The summed E-state index contributed by atoms with van der Waals surface area (Å²) in [6, 6.07) is 6.55. The Morgan fingerprint density at radius 3 is 2.67 bits per heavy atom. The quantitative estimate of drug-likeness (QED) is 0.762. The zero-order valence-corrected chi connectivity index (χ0v) is 12.6. The van der Waals surface area contributed by atoms with Crippen LogP contribution in [0.3, 0.4) is 0 Å². The van der Waals surface area contributed by atoms with Gasteiger partial charge in [0.2, 0.25) is 0 Å². The fourth-order valence-corrected chi connectivity index (χ4v) is 2.69. The molecule has 2 aromatic rings. The highest BCUT2D eigenvalue weighted by atomic mass is 32.2. The van der Waals surface area contributed by atoms with Crippen molar-refractivity contribution in [1.82, 2.24) is 15.3 Å². The summed E-state index contributed by atoms with van der Waals surface area (Å²) in [6.45, 7) is 3.69. The molecule has 2 rings (SSSR count). The van der Waals surface area contributed by atoms with Crippen molar-refractivity contribution in [3.8, 4) is 0 Å². The first-order chi connectivity index (χ1) is 10.1. The molecule has 0 amide bonds. The van der Waals surface area contributed by atoms with Gasteiger partial charge in [0.25, 0.3) is 10.0 Å². The van der Waals surface area contributed by atoms with Crippen LogP contribution in [-0.4, -0.2) is 24.9 Å². The second-order valence-electron chi connectivity index (χ2n) is 4.53. The third-order valence-corrected chi connectivity index (χ3v) is 4.04. The van der Waals surface area contributed by atoms with E-state index in [1.165, 1.54) is 12.3 Å². The first-order valence-corrected chi connectivity index (χ1v) is 8.18. The van der Waals surface area contributed by atoms with Crippen molar-refractivity contribution in [2.24, 2.45) is 0 Å². The van der Waals surface area contributed by atoms with Crippen LogP contribution in [0.15, 0.2) is 47.9 Å². The van der Waals surface area contributed by atoms with Crippen LogP contribution in [0.1, 0.15) is 18.9 Å². The number of nitrogens with zero attached hydrogens (tertiary/aromatic N) is 2. The molecule has 0 atom stereocenters. The van der Waals surface area contributed by atoms with Crippen LogP contribution in [0.2, 0.25) is 0 Å². The average Bonchev–Trinajstić information content (AvgIpc) is 2.49. The highest BCUT2D eigenvalue weighted by Gasteiger charge is 2.15. The van der Waals surface area contributed by atoms with E-state index in [2.05, 4.69) is 26.9 Å². The lowest BCUT2D eigenvalue weighted by Gasteiger charge is -2.08. The minimum atomic E-state index is -3.68. The molecule has 0 spiro atoms. The molecule has 2 heterocycles. The van der Waals surface area contributed by atoms with Gasteiger partial charge in [0.15, 0.2) is 5.03 Å². The molecule has 6 nitrogen and oxygen atoms in total. The van der Waals surface area contributed by atoms with Crippen LogP contribution in [-0.2, 0) is 16.6 Å². The van der Waals surface area contributed by atoms with Gasteiger partial charge >= 0.3 is 0 Å². The highest BCUT2D eigenvalue weighted by molar-refractivity contribution is 7.92. The molecule has 0 aliphatic rings. The van der Waals surface area contributed by atoms with Crippen molar-refractivity contribution >= 4 is 15.7 Å². The van der Waals surface area contributed by atoms with Gasteiger partial charge < -0.3 is 5.32 Å². The Bertz CT molecular complexity index is 657. The molecule has 0 bridgehead atoms. The molecular formula is C14H18N4O2S. The summed E-state index contributed by atoms with van der Waals surface area (Å²) < 4.78 is 26.8. The smallest absolute Gasteiger partial charge is 0.279 e. The van der Waals surface area contributed by atoms with Gasteiger partial charge in [-0.3, -0.25) is 9.71 Å². The molecule has 2 N–H and O–H groups in total. The molecule has 0 saturated heterocycles. The number of aromatic nitrogens is 2. The number of hydrogen-bond acceptors (Lipinski definition) is 5. The largest absolute Gasteiger partial charge is 0.313 e. The standard InChI is InChI=1S/C14H18N4O2S/c1-2-7-15-9-12-5-6-14(17-10-12)21(19,20)18-13-4-3-8-16-11-13/h3-6,8,10-11,15,18H,2,7,9H2,1H3. The van der Waals surface area contributed by atoms with Crippen LogP contribution in [0.5, 0.6) is 0 Å². The molecule has 112 valence electrons. The van der Waals surface area contributed by atoms with Gasteiger partial charge in [0.1, 0.15) is 0 Å². The Labute approximate surface area is 124 Å². The molecule has 0 aliphatic heterocycles. The van der Waals surface area contributed by atoms with E-state index in [4.69, 9.17) is 0 Å². The average molecular weight is 306 g/mol. The first kappa shape index (κ1) is 15.4. The van der Waals surface area contributed by atoms with Crippen molar-refractivity contribution in [1.29, 1.82) is 0 Å². The van der Waals surface area contributed by atoms with Gasteiger partial charge in [-0.05, 0) is 36.7 Å². The van der Waals surface area contributed by atoms with Crippen LogP contribution >= 0.6 is 0 Å². The Kier molecular flexibility index (Phi) is 5.24. The number of anilines is 1. The van der Waals surface area contributed by atoms with Crippen LogP contribution in [0.4, 0.5) is 5.69 Å². The Morgan fingerprint density at radius 2 is 2.05 bits per heavy atom. The fourth-order valence-electron chi connectivity index (χ4n) is 1.71. The lowest BCUT2D eigenvalue weighted by atomic mass is 10.3. The molecule has 0 radical (unpaired) electrons.